The van der Waals surface area contributed by atoms with Gasteiger partial charge < -0.3 is 15.2 Å². The molecule has 0 aliphatic rings. The lowest BCUT2D eigenvalue weighted by Crippen LogP contribution is -2.05. The predicted octanol–water partition coefficient (Wildman–Crippen LogP) is 2.75. The van der Waals surface area contributed by atoms with Gasteiger partial charge in [-0.15, -0.1) is 0 Å². The number of ether oxygens (including phenoxy) is 2. The van der Waals surface area contributed by atoms with E-state index in [1.54, 1.807) is 7.11 Å². The van der Waals surface area contributed by atoms with Crippen LogP contribution in [-0.2, 0) is 11.3 Å². The molecule has 0 amide bonds. The van der Waals surface area contributed by atoms with E-state index in [0.29, 0.717) is 12.4 Å². The van der Waals surface area contributed by atoms with Crippen LogP contribution in [0.5, 0.6) is 5.75 Å². The molecule has 0 radical (unpaired) electrons. The third kappa shape index (κ3) is 2.71. The van der Waals surface area contributed by atoms with E-state index < -0.39 is 0 Å². The summed E-state index contributed by atoms with van der Waals surface area (Å²) in [6, 6.07) is 7.77. The quantitative estimate of drug-likeness (QED) is 0.901. The van der Waals surface area contributed by atoms with Crippen molar-refractivity contribution in [3.05, 3.63) is 29.8 Å². The molecule has 0 aliphatic heterocycles. The lowest BCUT2D eigenvalue weighted by molar-refractivity contribution is 0.0660. The minimum absolute atomic E-state index is 0.177. The van der Waals surface area contributed by atoms with Crippen molar-refractivity contribution >= 4 is 16.7 Å². The lowest BCUT2D eigenvalue weighted by Gasteiger charge is -2.11. The molecule has 1 heterocycles. The highest BCUT2D eigenvalue weighted by Gasteiger charge is 2.06. The van der Waals surface area contributed by atoms with Crippen LogP contribution in [0.15, 0.2) is 24.3 Å². The largest absolute Gasteiger partial charge is 0.497 e. The molecule has 0 unspecified atom stereocenters. The van der Waals surface area contributed by atoms with Crippen molar-refractivity contribution in [2.45, 2.75) is 26.6 Å². The standard InChI is InChI=1S/C14H18N2O2/c1-9(2)18-8-11-6-10-4-5-12(17-3)7-13(10)16-14(11)15/h4-7,9H,8H2,1-3H3,(H2,15,16). The van der Waals surface area contributed by atoms with E-state index in [1.807, 2.05) is 38.1 Å². The number of nitrogens with two attached hydrogens (primary N) is 1. The Morgan fingerprint density at radius 2 is 2.06 bits per heavy atom. The van der Waals surface area contributed by atoms with Gasteiger partial charge in [-0.1, -0.05) is 0 Å². The highest BCUT2D eigenvalue weighted by molar-refractivity contribution is 5.82. The first-order valence-corrected chi connectivity index (χ1v) is 5.95. The maximum atomic E-state index is 5.93. The Morgan fingerprint density at radius 3 is 2.72 bits per heavy atom. The molecule has 0 atom stereocenters. The molecule has 0 aliphatic carbocycles. The molecule has 0 spiro atoms. The summed E-state index contributed by atoms with van der Waals surface area (Å²) in [5.74, 6) is 1.29. The number of aromatic nitrogens is 1. The fourth-order valence-corrected chi connectivity index (χ4v) is 1.70. The Kier molecular flexibility index (Phi) is 3.67. The van der Waals surface area contributed by atoms with Gasteiger partial charge in [-0.05, 0) is 32.0 Å². The zero-order valence-corrected chi connectivity index (χ0v) is 10.9. The number of methoxy groups -OCH3 is 1. The van der Waals surface area contributed by atoms with Gasteiger partial charge in [0.2, 0.25) is 0 Å². The molecule has 1 aromatic carbocycles. The summed E-state index contributed by atoms with van der Waals surface area (Å²) in [5.41, 5.74) is 7.68. The second kappa shape index (κ2) is 5.23. The number of fused-ring (bicyclic) bond motifs is 1. The first-order chi connectivity index (χ1) is 8.60. The Labute approximate surface area is 107 Å². The highest BCUT2D eigenvalue weighted by atomic mass is 16.5. The first kappa shape index (κ1) is 12.6. The van der Waals surface area contributed by atoms with Crippen molar-refractivity contribution in [2.24, 2.45) is 0 Å². The van der Waals surface area contributed by atoms with Gasteiger partial charge in [0.15, 0.2) is 0 Å². The van der Waals surface area contributed by atoms with Crippen LogP contribution in [-0.4, -0.2) is 18.2 Å². The molecule has 0 fully saturated rings. The number of anilines is 1. The van der Waals surface area contributed by atoms with Crippen molar-refractivity contribution in [3.8, 4) is 5.75 Å². The van der Waals surface area contributed by atoms with E-state index in [9.17, 15) is 0 Å². The summed E-state index contributed by atoms with van der Waals surface area (Å²) in [7, 11) is 1.63. The molecular formula is C14H18N2O2. The molecule has 0 saturated heterocycles. The molecule has 96 valence electrons. The summed E-state index contributed by atoms with van der Waals surface area (Å²) >= 11 is 0. The van der Waals surface area contributed by atoms with Crippen LogP contribution in [0.1, 0.15) is 19.4 Å². The number of nitrogen functional groups attached to an aromatic ring is 1. The normalized spacial score (nSPS) is 11.1. The van der Waals surface area contributed by atoms with Crippen LogP contribution >= 0.6 is 0 Å². The third-order valence-electron chi connectivity index (χ3n) is 2.71. The summed E-state index contributed by atoms with van der Waals surface area (Å²) in [4.78, 5) is 4.38. The van der Waals surface area contributed by atoms with E-state index in [4.69, 9.17) is 15.2 Å². The summed E-state index contributed by atoms with van der Waals surface area (Å²) in [5, 5.41) is 1.03. The van der Waals surface area contributed by atoms with Crippen LogP contribution in [0.4, 0.5) is 5.82 Å². The van der Waals surface area contributed by atoms with Gasteiger partial charge in [-0.3, -0.25) is 0 Å². The molecule has 0 bridgehead atoms. The predicted molar refractivity (Wildman–Crippen MR) is 72.6 cm³/mol. The number of hydrogen-bond donors (Lipinski definition) is 1. The minimum Gasteiger partial charge on any atom is -0.497 e. The number of rotatable bonds is 4. The maximum absolute atomic E-state index is 5.93. The molecule has 2 aromatic rings. The molecule has 2 N–H and O–H groups in total. The Balaban J connectivity index is 2.36. The Morgan fingerprint density at radius 1 is 1.28 bits per heavy atom. The third-order valence-corrected chi connectivity index (χ3v) is 2.71. The van der Waals surface area contributed by atoms with Gasteiger partial charge in [-0.2, -0.15) is 0 Å². The second-order valence-corrected chi connectivity index (χ2v) is 4.45. The van der Waals surface area contributed by atoms with E-state index in [1.165, 1.54) is 0 Å². The second-order valence-electron chi connectivity index (χ2n) is 4.45. The van der Waals surface area contributed by atoms with E-state index in [0.717, 1.165) is 22.2 Å². The highest BCUT2D eigenvalue weighted by Crippen LogP contribution is 2.23. The number of hydrogen-bond acceptors (Lipinski definition) is 4. The van der Waals surface area contributed by atoms with Gasteiger partial charge in [0.1, 0.15) is 11.6 Å². The van der Waals surface area contributed by atoms with Crippen LogP contribution in [0, 0.1) is 0 Å². The van der Waals surface area contributed by atoms with Crippen molar-refractivity contribution in [2.75, 3.05) is 12.8 Å². The molecule has 1 aromatic heterocycles. The van der Waals surface area contributed by atoms with Gasteiger partial charge in [0, 0.05) is 17.0 Å². The fraction of sp³-hybridized carbons (Fsp3) is 0.357. The average molecular weight is 246 g/mol. The molecular weight excluding hydrogens is 228 g/mol. The SMILES string of the molecule is COc1ccc2cc(COC(C)C)c(N)nc2c1. The molecule has 4 heteroatoms. The van der Waals surface area contributed by atoms with Gasteiger partial charge in [0.05, 0.1) is 25.3 Å². The Hall–Kier alpha value is -1.81. The smallest absolute Gasteiger partial charge is 0.129 e. The molecule has 18 heavy (non-hydrogen) atoms. The zero-order chi connectivity index (χ0) is 13.1. The van der Waals surface area contributed by atoms with Crippen LogP contribution < -0.4 is 10.5 Å². The zero-order valence-electron chi connectivity index (χ0n) is 10.9. The van der Waals surface area contributed by atoms with Crippen LogP contribution in [0.25, 0.3) is 10.9 Å². The summed E-state index contributed by atoms with van der Waals surface area (Å²) in [6.45, 7) is 4.48. The minimum atomic E-state index is 0.177. The van der Waals surface area contributed by atoms with Crippen LogP contribution in [0.3, 0.4) is 0 Å². The van der Waals surface area contributed by atoms with Crippen molar-refractivity contribution in [1.29, 1.82) is 0 Å². The summed E-state index contributed by atoms with van der Waals surface area (Å²) in [6.07, 6.45) is 0.177. The lowest BCUT2D eigenvalue weighted by atomic mass is 10.1. The number of pyridine rings is 1. The van der Waals surface area contributed by atoms with E-state index in [2.05, 4.69) is 4.98 Å². The maximum Gasteiger partial charge on any atom is 0.129 e. The van der Waals surface area contributed by atoms with Crippen molar-refractivity contribution in [1.82, 2.24) is 4.98 Å². The topological polar surface area (TPSA) is 57.4 Å². The van der Waals surface area contributed by atoms with Gasteiger partial charge in [0.25, 0.3) is 0 Å². The Bertz CT molecular complexity index is 553. The van der Waals surface area contributed by atoms with E-state index >= 15 is 0 Å². The average Bonchev–Trinajstić information content (AvgIpc) is 2.35. The van der Waals surface area contributed by atoms with Crippen LogP contribution in [0.2, 0.25) is 0 Å². The van der Waals surface area contributed by atoms with E-state index in [-0.39, 0.29) is 6.10 Å². The van der Waals surface area contributed by atoms with Gasteiger partial charge in [-0.25, -0.2) is 4.98 Å². The number of nitrogens with zero attached hydrogens (tertiary/aromatic N) is 1. The van der Waals surface area contributed by atoms with Gasteiger partial charge >= 0.3 is 0 Å². The van der Waals surface area contributed by atoms with Crippen molar-refractivity contribution in [3.63, 3.8) is 0 Å². The molecule has 4 nitrogen and oxygen atoms in total. The van der Waals surface area contributed by atoms with Crippen molar-refractivity contribution < 1.29 is 9.47 Å². The molecule has 2 rings (SSSR count). The monoisotopic (exact) mass is 246 g/mol. The number of benzene rings is 1. The summed E-state index contributed by atoms with van der Waals surface area (Å²) < 4.78 is 10.7. The fourth-order valence-electron chi connectivity index (χ4n) is 1.70. The first-order valence-electron chi connectivity index (χ1n) is 5.95. The molecule has 0 saturated carbocycles.